The lowest BCUT2D eigenvalue weighted by Crippen LogP contribution is -2.43. The summed E-state index contributed by atoms with van der Waals surface area (Å²) in [5.41, 5.74) is 7.01. The van der Waals surface area contributed by atoms with E-state index in [4.69, 9.17) is 5.73 Å². The van der Waals surface area contributed by atoms with Crippen LogP contribution in [-0.4, -0.2) is 29.6 Å². The van der Waals surface area contributed by atoms with E-state index >= 15 is 0 Å². The van der Waals surface area contributed by atoms with Crippen LogP contribution in [0, 0.1) is 5.92 Å². The maximum Gasteiger partial charge on any atom is 0.132 e. The van der Waals surface area contributed by atoms with Gasteiger partial charge >= 0.3 is 0 Å². The molecule has 0 bridgehead atoms. The predicted molar refractivity (Wildman–Crippen MR) is 74.6 cm³/mol. The second-order valence-corrected chi connectivity index (χ2v) is 5.18. The zero-order chi connectivity index (χ0) is 13.0. The Bertz CT molecular complexity index is 380. The minimum absolute atomic E-state index is 0.531. The van der Waals surface area contributed by atoms with Crippen LogP contribution >= 0.6 is 0 Å². The van der Waals surface area contributed by atoms with E-state index in [1.54, 1.807) is 6.33 Å². The summed E-state index contributed by atoms with van der Waals surface area (Å²) >= 11 is 0. The Morgan fingerprint density at radius 2 is 2.11 bits per heavy atom. The smallest absolute Gasteiger partial charge is 0.132 e. The number of nitrogens with two attached hydrogens (primary N) is 1. The van der Waals surface area contributed by atoms with Crippen LogP contribution in [0.5, 0.6) is 0 Å². The van der Waals surface area contributed by atoms with Crippen molar-refractivity contribution >= 4 is 5.82 Å². The molecule has 2 atom stereocenters. The average Bonchev–Trinajstić information content (AvgIpc) is 2.46. The summed E-state index contributed by atoms with van der Waals surface area (Å²) in [6.07, 6.45) is 7.72. The van der Waals surface area contributed by atoms with Crippen molar-refractivity contribution in [2.75, 3.05) is 18.5 Å². The molecule has 2 unspecified atom stereocenters. The van der Waals surface area contributed by atoms with Crippen LogP contribution in [0.15, 0.2) is 12.4 Å². The minimum atomic E-state index is 0.531. The number of aryl methyl sites for hydroxylation is 1. The van der Waals surface area contributed by atoms with Gasteiger partial charge in [0.25, 0.3) is 0 Å². The third kappa shape index (κ3) is 2.80. The van der Waals surface area contributed by atoms with E-state index in [-0.39, 0.29) is 0 Å². The molecule has 0 spiro atoms. The number of hydrogen-bond acceptors (Lipinski definition) is 4. The molecular formula is C14H24N4. The summed E-state index contributed by atoms with van der Waals surface area (Å²) in [5, 5.41) is 0. The summed E-state index contributed by atoms with van der Waals surface area (Å²) < 4.78 is 0. The summed E-state index contributed by atoms with van der Waals surface area (Å²) in [7, 11) is 2.14. The Labute approximate surface area is 110 Å². The SMILES string of the molecule is CCc1cc(N(C)C2CCCCC2CN)ncn1. The topological polar surface area (TPSA) is 55.0 Å². The lowest BCUT2D eigenvalue weighted by atomic mass is 9.84. The number of hydrogen-bond donors (Lipinski definition) is 1. The summed E-state index contributed by atoms with van der Waals surface area (Å²) in [6, 6.07) is 2.63. The lowest BCUT2D eigenvalue weighted by Gasteiger charge is -2.38. The van der Waals surface area contributed by atoms with Gasteiger partial charge in [-0.1, -0.05) is 19.8 Å². The number of anilines is 1. The molecule has 100 valence electrons. The molecule has 1 aliphatic rings. The van der Waals surface area contributed by atoms with Crippen LogP contribution in [0.25, 0.3) is 0 Å². The fourth-order valence-electron chi connectivity index (χ4n) is 2.91. The largest absolute Gasteiger partial charge is 0.356 e. The highest BCUT2D eigenvalue weighted by Gasteiger charge is 2.28. The van der Waals surface area contributed by atoms with Crippen molar-refractivity contribution in [3.63, 3.8) is 0 Å². The van der Waals surface area contributed by atoms with Crippen molar-refractivity contribution in [2.24, 2.45) is 11.7 Å². The Morgan fingerprint density at radius 1 is 1.33 bits per heavy atom. The van der Waals surface area contributed by atoms with Crippen LogP contribution in [0.2, 0.25) is 0 Å². The standard InChI is InChI=1S/C14H24N4/c1-3-12-8-14(17-10-16-12)18(2)13-7-5-4-6-11(13)9-15/h8,10-11,13H,3-7,9,15H2,1-2H3. The molecule has 0 amide bonds. The molecule has 4 nitrogen and oxygen atoms in total. The van der Waals surface area contributed by atoms with Gasteiger partial charge in [-0.25, -0.2) is 9.97 Å². The summed E-state index contributed by atoms with van der Waals surface area (Å²) in [6.45, 7) is 2.90. The molecule has 18 heavy (non-hydrogen) atoms. The fraction of sp³-hybridized carbons (Fsp3) is 0.714. The molecule has 0 aliphatic heterocycles. The normalized spacial score (nSPS) is 23.9. The van der Waals surface area contributed by atoms with E-state index in [1.807, 2.05) is 0 Å². The van der Waals surface area contributed by atoms with Crippen molar-refractivity contribution in [2.45, 2.75) is 45.1 Å². The minimum Gasteiger partial charge on any atom is -0.356 e. The first-order valence-corrected chi connectivity index (χ1v) is 7.00. The van der Waals surface area contributed by atoms with Crippen molar-refractivity contribution in [1.82, 2.24) is 9.97 Å². The molecule has 0 saturated heterocycles. The van der Waals surface area contributed by atoms with Crippen molar-refractivity contribution < 1.29 is 0 Å². The van der Waals surface area contributed by atoms with Crippen LogP contribution < -0.4 is 10.6 Å². The highest BCUT2D eigenvalue weighted by Crippen LogP contribution is 2.29. The Balaban J connectivity index is 2.15. The van der Waals surface area contributed by atoms with Crippen LogP contribution in [0.3, 0.4) is 0 Å². The van der Waals surface area contributed by atoms with Crippen molar-refractivity contribution in [3.05, 3.63) is 18.1 Å². The van der Waals surface area contributed by atoms with Crippen LogP contribution in [0.4, 0.5) is 5.82 Å². The van der Waals surface area contributed by atoms with Gasteiger partial charge in [0.15, 0.2) is 0 Å². The van der Waals surface area contributed by atoms with E-state index in [0.29, 0.717) is 12.0 Å². The fourth-order valence-corrected chi connectivity index (χ4v) is 2.91. The van der Waals surface area contributed by atoms with Gasteiger partial charge in [-0.2, -0.15) is 0 Å². The van der Waals surface area contributed by atoms with Gasteiger partial charge in [-0.05, 0) is 31.7 Å². The third-order valence-corrected chi connectivity index (χ3v) is 4.10. The first-order chi connectivity index (χ1) is 8.76. The van der Waals surface area contributed by atoms with E-state index in [1.165, 1.54) is 25.7 Å². The molecule has 1 heterocycles. The van der Waals surface area contributed by atoms with Crippen LogP contribution in [-0.2, 0) is 6.42 Å². The van der Waals surface area contributed by atoms with Gasteiger partial charge in [0.2, 0.25) is 0 Å². The second-order valence-electron chi connectivity index (χ2n) is 5.18. The third-order valence-electron chi connectivity index (χ3n) is 4.10. The highest BCUT2D eigenvalue weighted by atomic mass is 15.2. The van der Waals surface area contributed by atoms with Gasteiger partial charge in [0.05, 0.1) is 0 Å². The lowest BCUT2D eigenvalue weighted by molar-refractivity contribution is 0.305. The molecule has 4 heteroatoms. The monoisotopic (exact) mass is 248 g/mol. The van der Waals surface area contributed by atoms with Gasteiger partial charge < -0.3 is 10.6 Å². The molecule has 1 saturated carbocycles. The molecule has 0 radical (unpaired) electrons. The van der Waals surface area contributed by atoms with Gasteiger partial charge in [-0.15, -0.1) is 0 Å². The maximum atomic E-state index is 5.91. The van der Waals surface area contributed by atoms with E-state index in [2.05, 4.69) is 34.9 Å². The molecule has 1 aliphatic carbocycles. The zero-order valence-electron chi connectivity index (χ0n) is 11.5. The summed E-state index contributed by atoms with van der Waals surface area (Å²) in [4.78, 5) is 11.0. The Kier molecular flexibility index (Phi) is 4.53. The molecule has 1 aromatic rings. The van der Waals surface area contributed by atoms with E-state index < -0.39 is 0 Å². The molecule has 1 fully saturated rings. The second kappa shape index (κ2) is 6.14. The molecule has 0 aromatic carbocycles. The van der Waals surface area contributed by atoms with Gasteiger partial charge in [-0.3, -0.25) is 0 Å². The first kappa shape index (κ1) is 13.3. The predicted octanol–water partition coefficient (Wildman–Crippen LogP) is 1.99. The average molecular weight is 248 g/mol. The van der Waals surface area contributed by atoms with Crippen molar-refractivity contribution in [1.29, 1.82) is 0 Å². The first-order valence-electron chi connectivity index (χ1n) is 7.00. The quantitative estimate of drug-likeness (QED) is 0.885. The highest BCUT2D eigenvalue weighted by molar-refractivity contribution is 5.39. The van der Waals surface area contributed by atoms with Gasteiger partial charge in [0, 0.05) is 24.8 Å². The Hall–Kier alpha value is -1.16. The number of aromatic nitrogens is 2. The number of nitrogens with zero attached hydrogens (tertiary/aromatic N) is 3. The van der Waals surface area contributed by atoms with Crippen LogP contribution in [0.1, 0.15) is 38.3 Å². The summed E-state index contributed by atoms with van der Waals surface area (Å²) in [5.74, 6) is 1.64. The number of rotatable bonds is 4. The molecule has 2 N–H and O–H groups in total. The maximum absolute atomic E-state index is 5.91. The zero-order valence-corrected chi connectivity index (χ0v) is 11.5. The van der Waals surface area contributed by atoms with E-state index in [9.17, 15) is 0 Å². The molecule has 2 rings (SSSR count). The Morgan fingerprint density at radius 3 is 2.83 bits per heavy atom. The van der Waals surface area contributed by atoms with E-state index in [0.717, 1.165) is 24.5 Å². The molecule has 1 aromatic heterocycles. The van der Waals surface area contributed by atoms with Crippen molar-refractivity contribution in [3.8, 4) is 0 Å². The van der Waals surface area contributed by atoms with Gasteiger partial charge in [0.1, 0.15) is 12.1 Å². The molecular weight excluding hydrogens is 224 g/mol.